The van der Waals surface area contributed by atoms with E-state index in [-0.39, 0.29) is 23.4 Å². The Morgan fingerprint density at radius 3 is 2.69 bits per heavy atom. The van der Waals surface area contributed by atoms with Gasteiger partial charge in [-0.1, -0.05) is 6.07 Å². The Bertz CT molecular complexity index is 1040. The molecule has 3 heterocycles. The highest BCUT2D eigenvalue weighted by molar-refractivity contribution is 6.46. The zero-order valence-corrected chi connectivity index (χ0v) is 17.7. The number of rotatable bonds is 6. The summed E-state index contributed by atoms with van der Waals surface area (Å²) in [6.45, 7) is 3.51. The number of halogens is 1. The SMILES string of the molecule is COc1ccc(F)cc1/C(O)=C1\C(=O)C(=O)N(CCN2CCOCC2)[C@H]1c1ccccn1. The van der Waals surface area contributed by atoms with Gasteiger partial charge in [0.2, 0.25) is 0 Å². The number of nitrogens with zero attached hydrogens (tertiary/aromatic N) is 3. The van der Waals surface area contributed by atoms with Gasteiger partial charge in [0.1, 0.15) is 23.4 Å². The Morgan fingerprint density at radius 2 is 2.00 bits per heavy atom. The number of hydrogen-bond acceptors (Lipinski definition) is 7. The van der Waals surface area contributed by atoms with Crippen LogP contribution in [0.4, 0.5) is 4.39 Å². The van der Waals surface area contributed by atoms with E-state index in [1.165, 1.54) is 24.1 Å². The van der Waals surface area contributed by atoms with Gasteiger partial charge in [0.15, 0.2) is 0 Å². The largest absolute Gasteiger partial charge is 0.507 e. The Balaban J connectivity index is 1.76. The average Bonchev–Trinajstić information content (AvgIpc) is 3.08. The standard InChI is InChI=1S/C23H24FN3O5/c1-31-18-6-5-15(24)14-16(18)21(28)19-20(17-4-2-3-7-25-17)27(23(30)22(19)29)9-8-26-10-12-32-13-11-26/h2-7,14,20,28H,8-13H2,1H3/b21-19+/t20-/m0/s1. The van der Waals surface area contributed by atoms with Crippen LogP contribution in [0.25, 0.3) is 5.76 Å². The predicted molar refractivity (Wildman–Crippen MR) is 113 cm³/mol. The smallest absolute Gasteiger partial charge is 0.295 e. The fourth-order valence-electron chi connectivity index (χ4n) is 4.04. The summed E-state index contributed by atoms with van der Waals surface area (Å²) in [6.07, 6.45) is 1.56. The lowest BCUT2D eigenvalue weighted by atomic mass is 9.97. The molecule has 2 aliphatic rings. The van der Waals surface area contributed by atoms with Crippen molar-refractivity contribution in [2.24, 2.45) is 0 Å². The van der Waals surface area contributed by atoms with E-state index in [2.05, 4.69) is 9.88 Å². The molecular formula is C23H24FN3O5. The van der Waals surface area contributed by atoms with Crippen molar-refractivity contribution in [1.29, 1.82) is 0 Å². The molecule has 0 spiro atoms. The molecule has 1 aromatic heterocycles. The lowest BCUT2D eigenvalue weighted by Gasteiger charge is -2.30. The van der Waals surface area contributed by atoms with Crippen molar-refractivity contribution < 1.29 is 28.6 Å². The number of amides is 1. The second kappa shape index (κ2) is 9.46. The number of aromatic nitrogens is 1. The summed E-state index contributed by atoms with van der Waals surface area (Å²) >= 11 is 0. The zero-order chi connectivity index (χ0) is 22.7. The fraction of sp³-hybridized carbons (Fsp3) is 0.348. The Kier molecular flexibility index (Phi) is 6.48. The van der Waals surface area contributed by atoms with E-state index >= 15 is 0 Å². The summed E-state index contributed by atoms with van der Waals surface area (Å²) in [7, 11) is 1.38. The molecule has 1 amide bonds. The quantitative estimate of drug-likeness (QED) is 0.416. The lowest BCUT2D eigenvalue weighted by molar-refractivity contribution is -0.140. The molecule has 1 aromatic carbocycles. The molecule has 2 aromatic rings. The predicted octanol–water partition coefficient (Wildman–Crippen LogP) is 1.98. The molecule has 1 N–H and O–H groups in total. The van der Waals surface area contributed by atoms with Gasteiger partial charge >= 0.3 is 0 Å². The van der Waals surface area contributed by atoms with Gasteiger partial charge < -0.3 is 19.5 Å². The molecule has 0 saturated carbocycles. The second-order valence-corrected chi connectivity index (χ2v) is 7.55. The van der Waals surface area contributed by atoms with Crippen LogP contribution in [0.3, 0.4) is 0 Å². The molecule has 1 atom stereocenters. The maximum absolute atomic E-state index is 13.9. The van der Waals surface area contributed by atoms with Gasteiger partial charge in [-0.25, -0.2) is 4.39 Å². The first-order valence-corrected chi connectivity index (χ1v) is 10.3. The third-order valence-electron chi connectivity index (χ3n) is 5.69. The molecule has 0 radical (unpaired) electrons. The van der Waals surface area contributed by atoms with E-state index in [0.717, 1.165) is 19.2 Å². The van der Waals surface area contributed by atoms with Crippen LogP contribution in [0.1, 0.15) is 17.3 Å². The fourth-order valence-corrected chi connectivity index (χ4v) is 4.04. The lowest BCUT2D eigenvalue weighted by Crippen LogP contribution is -2.42. The molecule has 2 fully saturated rings. The van der Waals surface area contributed by atoms with E-state index in [1.54, 1.807) is 24.4 Å². The number of aliphatic hydroxyl groups excluding tert-OH is 1. The second-order valence-electron chi connectivity index (χ2n) is 7.55. The third kappa shape index (κ3) is 4.21. The molecule has 4 rings (SSSR count). The van der Waals surface area contributed by atoms with Gasteiger partial charge in [-0.3, -0.25) is 19.5 Å². The van der Waals surface area contributed by atoms with Crippen LogP contribution in [-0.2, 0) is 14.3 Å². The summed E-state index contributed by atoms with van der Waals surface area (Å²) in [6, 6.07) is 7.87. The van der Waals surface area contributed by atoms with Crippen LogP contribution in [-0.4, -0.2) is 78.1 Å². The number of Topliss-reactive ketones (excluding diaryl/α,β-unsaturated/α-hetero) is 1. The molecule has 168 valence electrons. The first-order valence-electron chi connectivity index (χ1n) is 10.3. The highest BCUT2D eigenvalue weighted by atomic mass is 19.1. The number of pyridine rings is 1. The molecule has 0 bridgehead atoms. The summed E-state index contributed by atoms with van der Waals surface area (Å²) in [5, 5.41) is 11.1. The topological polar surface area (TPSA) is 92.2 Å². The van der Waals surface area contributed by atoms with Crippen molar-refractivity contribution in [3.63, 3.8) is 0 Å². The van der Waals surface area contributed by atoms with E-state index < -0.39 is 29.3 Å². The Labute approximate surface area is 184 Å². The number of methoxy groups -OCH3 is 1. The van der Waals surface area contributed by atoms with Crippen molar-refractivity contribution in [1.82, 2.24) is 14.8 Å². The number of ketones is 1. The molecule has 0 aliphatic carbocycles. The van der Waals surface area contributed by atoms with E-state index in [4.69, 9.17) is 9.47 Å². The van der Waals surface area contributed by atoms with E-state index in [9.17, 15) is 19.1 Å². The number of carbonyl (C=O) groups excluding carboxylic acids is 2. The van der Waals surface area contributed by atoms with Crippen LogP contribution >= 0.6 is 0 Å². The van der Waals surface area contributed by atoms with Gasteiger partial charge in [-0.2, -0.15) is 0 Å². The van der Waals surface area contributed by atoms with Gasteiger partial charge in [0.25, 0.3) is 11.7 Å². The Hall–Kier alpha value is -3.30. The number of ether oxygens (including phenoxy) is 2. The molecule has 9 heteroatoms. The number of morpholine rings is 1. The monoisotopic (exact) mass is 441 g/mol. The number of carbonyl (C=O) groups is 2. The first-order chi connectivity index (χ1) is 15.5. The summed E-state index contributed by atoms with van der Waals surface area (Å²) in [5.41, 5.74) is 0.296. The molecule has 0 unspecified atom stereocenters. The first kappa shape index (κ1) is 21.9. The number of hydrogen-bond donors (Lipinski definition) is 1. The van der Waals surface area contributed by atoms with Crippen molar-refractivity contribution >= 4 is 17.4 Å². The highest BCUT2D eigenvalue weighted by Gasteiger charge is 2.47. The van der Waals surface area contributed by atoms with Crippen LogP contribution in [0.2, 0.25) is 0 Å². The number of benzene rings is 1. The Morgan fingerprint density at radius 1 is 1.22 bits per heavy atom. The van der Waals surface area contributed by atoms with Gasteiger partial charge in [0.05, 0.1) is 37.2 Å². The summed E-state index contributed by atoms with van der Waals surface area (Å²) < 4.78 is 24.5. The maximum Gasteiger partial charge on any atom is 0.295 e. The van der Waals surface area contributed by atoms with Gasteiger partial charge in [0, 0.05) is 32.4 Å². The van der Waals surface area contributed by atoms with Gasteiger partial charge in [-0.05, 0) is 30.3 Å². The molecule has 2 saturated heterocycles. The van der Waals surface area contributed by atoms with Crippen LogP contribution in [0, 0.1) is 5.82 Å². The minimum atomic E-state index is -0.898. The van der Waals surface area contributed by atoms with E-state index in [1.807, 2.05) is 0 Å². The van der Waals surface area contributed by atoms with Crippen LogP contribution in [0.15, 0.2) is 48.2 Å². The van der Waals surface area contributed by atoms with Crippen molar-refractivity contribution in [2.75, 3.05) is 46.5 Å². The van der Waals surface area contributed by atoms with Crippen LogP contribution < -0.4 is 4.74 Å². The zero-order valence-electron chi connectivity index (χ0n) is 17.7. The normalized spacial score (nSPS) is 21.2. The minimum absolute atomic E-state index is 0.000361. The van der Waals surface area contributed by atoms with Crippen molar-refractivity contribution in [3.05, 3.63) is 65.2 Å². The molecule has 32 heavy (non-hydrogen) atoms. The van der Waals surface area contributed by atoms with Crippen molar-refractivity contribution in [2.45, 2.75) is 6.04 Å². The maximum atomic E-state index is 13.9. The minimum Gasteiger partial charge on any atom is -0.507 e. The summed E-state index contributed by atoms with van der Waals surface area (Å²) in [4.78, 5) is 33.9. The molecule has 8 nitrogen and oxygen atoms in total. The number of likely N-dealkylation sites (tertiary alicyclic amines) is 1. The van der Waals surface area contributed by atoms with E-state index in [0.29, 0.717) is 25.5 Å². The summed E-state index contributed by atoms with van der Waals surface area (Å²) in [5.74, 6) is -2.49. The average molecular weight is 441 g/mol. The molecule has 2 aliphatic heterocycles. The van der Waals surface area contributed by atoms with Crippen molar-refractivity contribution in [3.8, 4) is 5.75 Å². The van der Waals surface area contributed by atoms with Gasteiger partial charge in [-0.15, -0.1) is 0 Å². The highest BCUT2D eigenvalue weighted by Crippen LogP contribution is 2.40. The third-order valence-corrected chi connectivity index (χ3v) is 5.69. The molecular weight excluding hydrogens is 417 g/mol. The van der Waals surface area contributed by atoms with Crippen LogP contribution in [0.5, 0.6) is 5.75 Å². The number of aliphatic hydroxyl groups is 1.